The molecule has 2 rings (SSSR count). The number of nitrogens with two attached hydrogens (primary N) is 1. The largest absolute Gasteiger partial charge is 0.306 e. The molecule has 8 nitrogen and oxygen atoms in total. The Bertz CT molecular complexity index is 509. The van der Waals surface area contributed by atoms with E-state index < -0.39 is 10.0 Å². The average molecular weight is 286 g/mol. The van der Waals surface area contributed by atoms with Gasteiger partial charge in [-0.2, -0.15) is 0 Å². The molecule has 1 aliphatic rings. The van der Waals surface area contributed by atoms with E-state index in [0.717, 1.165) is 25.9 Å². The van der Waals surface area contributed by atoms with Crippen LogP contribution in [0.15, 0.2) is 17.3 Å². The summed E-state index contributed by atoms with van der Waals surface area (Å²) in [6.07, 6.45) is 4.08. The lowest BCUT2D eigenvalue weighted by atomic mass is 10.1. The zero-order valence-electron chi connectivity index (χ0n) is 10.7. The third kappa shape index (κ3) is 3.60. The highest BCUT2D eigenvalue weighted by Gasteiger charge is 2.23. The number of aromatic nitrogens is 2. The van der Waals surface area contributed by atoms with Gasteiger partial charge in [0.1, 0.15) is 4.90 Å². The molecule has 0 bridgehead atoms. The van der Waals surface area contributed by atoms with Crippen LogP contribution in [-0.4, -0.2) is 49.5 Å². The fourth-order valence-corrected chi connectivity index (χ4v) is 3.14. The molecule has 0 saturated carbocycles. The SMILES string of the molecule is CN1CCC(NS(=O)(=O)c2cnc(NN)nc2)CC1. The number of anilines is 1. The minimum absolute atomic E-state index is 0.0338. The smallest absolute Gasteiger partial charge is 0.243 e. The maximum absolute atomic E-state index is 12.1. The summed E-state index contributed by atoms with van der Waals surface area (Å²) in [6, 6.07) is -0.0338. The van der Waals surface area contributed by atoms with Crippen molar-refractivity contribution in [2.24, 2.45) is 5.84 Å². The van der Waals surface area contributed by atoms with Crippen LogP contribution in [0.1, 0.15) is 12.8 Å². The first-order valence-electron chi connectivity index (χ1n) is 6.01. The van der Waals surface area contributed by atoms with Crippen LogP contribution in [0.25, 0.3) is 0 Å². The second-order valence-electron chi connectivity index (χ2n) is 4.59. The van der Waals surface area contributed by atoms with Gasteiger partial charge in [-0.1, -0.05) is 0 Å². The fourth-order valence-electron chi connectivity index (χ4n) is 1.94. The Labute approximate surface area is 112 Å². The van der Waals surface area contributed by atoms with Crippen molar-refractivity contribution in [1.82, 2.24) is 19.6 Å². The van der Waals surface area contributed by atoms with Crippen LogP contribution in [0.5, 0.6) is 0 Å². The van der Waals surface area contributed by atoms with Crippen LogP contribution in [0.4, 0.5) is 5.95 Å². The van der Waals surface area contributed by atoms with E-state index in [-0.39, 0.29) is 16.9 Å². The molecule has 1 fully saturated rings. The molecule has 1 aromatic rings. The second kappa shape index (κ2) is 5.78. The predicted octanol–water partition coefficient (Wildman–Crippen LogP) is -0.865. The number of sulfonamides is 1. The van der Waals surface area contributed by atoms with E-state index in [1.54, 1.807) is 0 Å². The standard InChI is InChI=1S/C10H18N6O2S/c1-16-4-2-8(3-5-16)15-19(17,18)9-6-12-10(14-11)13-7-9/h6-8,15H,2-5,11H2,1H3,(H,12,13,14). The number of hydrogen-bond donors (Lipinski definition) is 3. The first-order chi connectivity index (χ1) is 9.01. The van der Waals surface area contributed by atoms with Crippen molar-refractivity contribution in [3.63, 3.8) is 0 Å². The molecule has 0 amide bonds. The molecule has 19 heavy (non-hydrogen) atoms. The summed E-state index contributed by atoms with van der Waals surface area (Å²) in [5.41, 5.74) is 2.25. The predicted molar refractivity (Wildman–Crippen MR) is 70.7 cm³/mol. The Balaban J connectivity index is 2.05. The Morgan fingerprint density at radius 3 is 2.42 bits per heavy atom. The minimum Gasteiger partial charge on any atom is -0.306 e. The van der Waals surface area contributed by atoms with E-state index in [0.29, 0.717) is 0 Å². The third-order valence-corrected chi connectivity index (χ3v) is 4.58. The highest BCUT2D eigenvalue weighted by Crippen LogP contribution is 2.13. The zero-order chi connectivity index (χ0) is 13.9. The summed E-state index contributed by atoms with van der Waals surface area (Å²) < 4.78 is 26.9. The van der Waals surface area contributed by atoms with E-state index >= 15 is 0 Å². The Morgan fingerprint density at radius 1 is 1.32 bits per heavy atom. The number of rotatable bonds is 4. The molecule has 106 valence electrons. The van der Waals surface area contributed by atoms with Gasteiger partial charge in [-0.25, -0.2) is 29.0 Å². The number of piperidine rings is 1. The molecule has 1 aliphatic heterocycles. The summed E-state index contributed by atoms with van der Waals surface area (Å²) in [5.74, 6) is 5.31. The normalized spacial score (nSPS) is 18.4. The molecule has 0 aliphatic carbocycles. The summed E-state index contributed by atoms with van der Waals surface area (Å²) >= 11 is 0. The molecule has 0 atom stereocenters. The van der Waals surface area contributed by atoms with Gasteiger partial charge in [-0.3, -0.25) is 5.43 Å². The van der Waals surface area contributed by atoms with Gasteiger partial charge in [0.25, 0.3) is 0 Å². The number of hydrazine groups is 1. The highest BCUT2D eigenvalue weighted by atomic mass is 32.2. The lowest BCUT2D eigenvalue weighted by Crippen LogP contribution is -2.43. The van der Waals surface area contributed by atoms with Crippen molar-refractivity contribution < 1.29 is 8.42 Å². The molecule has 9 heteroatoms. The van der Waals surface area contributed by atoms with Crippen molar-refractivity contribution in [1.29, 1.82) is 0 Å². The van der Waals surface area contributed by atoms with Crippen LogP contribution in [-0.2, 0) is 10.0 Å². The Hall–Kier alpha value is -1.29. The number of hydrogen-bond acceptors (Lipinski definition) is 7. The quantitative estimate of drug-likeness (QED) is 0.487. The van der Waals surface area contributed by atoms with Gasteiger partial charge in [0, 0.05) is 6.04 Å². The first kappa shape index (κ1) is 14.1. The lowest BCUT2D eigenvalue weighted by molar-refractivity contribution is 0.248. The summed E-state index contributed by atoms with van der Waals surface area (Å²) in [6.45, 7) is 1.78. The Kier molecular flexibility index (Phi) is 4.30. The highest BCUT2D eigenvalue weighted by molar-refractivity contribution is 7.89. The number of nitrogens with zero attached hydrogens (tertiary/aromatic N) is 3. The first-order valence-corrected chi connectivity index (χ1v) is 7.49. The van der Waals surface area contributed by atoms with Crippen molar-refractivity contribution in [3.8, 4) is 0 Å². The van der Waals surface area contributed by atoms with Crippen LogP contribution >= 0.6 is 0 Å². The molecule has 1 saturated heterocycles. The van der Waals surface area contributed by atoms with Crippen LogP contribution in [0.2, 0.25) is 0 Å². The van der Waals surface area contributed by atoms with Gasteiger partial charge in [0.2, 0.25) is 16.0 Å². The topological polar surface area (TPSA) is 113 Å². The van der Waals surface area contributed by atoms with Gasteiger partial charge >= 0.3 is 0 Å². The Morgan fingerprint density at radius 2 is 1.89 bits per heavy atom. The van der Waals surface area contributed by atoms with E-state index in [1.807, 2.05) is 7.05 Å². The molecule has 0 aromatic carbocycles. The van der Waals surface area contributed by atoms with Crippen molar-refractivity contribution in [2.75, 3.05) is 25.6 Å². The van der Waals surface area contributed by atoms with Crippen molar-refractivity contribution in [3.05, 3.63) is 12.4 Å². The molecular weight excluding hydrogens is 268 g/mol. The van der Waals surface area contributed by atoms with Crippen LogP contribution < -0.4 is 16.0 Å². The maximum Gasteiger partial charge on any atom is 0.243 e. The zero-order valence-corrected chi connectivity index (χ0v) is 11.5. The second-order valence-corrected chi connectivity index (χ2v) is 6.30. The molecule has 0 unspecified atom stereocenters. The average Bonchev–Trinajstić information content (AvgIpc) is 2.41. The number of nitrogen functional groups attached to an aromatic ring is 1. The fraction of sp³-hybridized carbons (Fsp3) is 0.600. The van der Waals surface area contributed by atoms with Gasteiger partial charge in [-0.05, 0) is 33.0 Å². The van der Waals surface area contributed by atoms with Crippen molar-refractivity contribution in [2.45, 2.75) is 23.8 Å². The van der Waals surface area contributed by atoms with E-state index in [9.17, 15) is 8.42 Å². The molecule has 0 radical (unpaired) electrons. The molecule has 2 heterocycles. The van der Waals surface area contributed by atoms with Gasteiger partial charge in [0.15, 0.2) is 0 Å². The summed E-state index contributed by atoms with van der Waals surface area (Å²) in [4.78, 5) is 9.81. The van der Waals surface area contributed by atoms with E-state index in [2.05, 4.69) is 25.0 Å². The molecule has 0 spiro atoms. The van der Waals surface area contributed by atoms with E-state index in [4.69, 9.17) is 5.84 Å². The maximum atomic E-state index is 12.1. The third-order valence-electron chi connectivity index (χ3n) is 3.11. The van der Waals surface area contributed by atoms with Gasteiger partial charge in [-0.15, -0.1) is 0 Å². The molecule has 1 aromatic heterocycles. The van der Waals surface area contributed by atoms with Gasteiger partial charge < -0.3 is 4.90 Å². The van der Waals surface area contributed by atoms with E-state index in [1.165, 1.54) is 12.4 Å². The minimum atomic E-state index is -3.56. The monoisotopic (exact) mass is 286 g/mol. The summed E-state index contributed by atoms with van der Waals surface area (Å²) in [5, 5.41) is 0. The van der Waals surface area contributed by atoms with Crippen LogP contribution in [0, 0.1) is 0 Å². The molecule has 4 N–H and O–H groups in total. The summed E-state index contributed by atoms with van der Waals surface area (Å²) in [7, 11) is -1.54. The number of likely N-dealkylation sites (tertiary alicyclic amines) is 1. The molecular formula is C10H18N6O2S. The van der Waals surface area contributed by atoms with Crippen LogP contribution in [0.3, 0.4) is 0 Å². The lowest BCUT2D eigenvalue weighted by Gasteiger charge is -2.29. The number of nitrogens with one attached hydrogen (secondary N) is 2. The van der Waals surface area contributed by atoms with Gasteiger partial charge in [0.05, 0.1) is 12.4 Å². The van der Waals surface area contributed by atoms with Crippen molar-refractivity contribution >= 4 is 16.0 Å².